The van der Waals surface area contributed by atoms with Crippen LogP contribution in [0.4, 0.5) is 0 Å². The van der Waals surface area contributed by atoms with Crippen molar-refractivity contribution in [2.75, 3.05) is 7.11 Å². The summed E-state index contributed by atoms with van der Waals surface area (Å²) in [5.74, 6) is 2.52. The lowest BCUT2D eigenvalue weighted by atomic mass is 9.42. The first kappa shape index (κ1) is 22.5. The normalized spacial score (nSPS) is 51.4. The number of fused-ring (bicyclic) bond motifs is 5. The van der Waals surface area contributed by atoms with Gasteiger partial charge in [0.1, 0.15) is 0 Å². The minimum atomic E-state index is -0.313. The third-order valence-corrected chi connectivity index (χ3v) is 10.6. The molecule has 0 saturated heterocycles. The van der Waals surface area contributed by atoms with Crippen LogP contribution in [-0.2, 0) is 9.53 Å². The molecule has 5 heteroatoms. The maximum Gasteiger partial charge on any atom is 0.305 e. The fraction of sp³-hybridized carbons (Fsp3) is 0.960. The predicted octanol–water partition coefficient (Wildman–Crippen LogP) is 3.50. The van der Waals surface area contributed by atoms with Gasteiger partial charge in [-0.2, -0.15) is 0 Å². The van der Waals surface area contributed by atoms with Gasteiger partial charge in [0.15, 0.2) is 0 Å². The molecule has 0 amide bonds. The second kappa shape index (κ2) is 8.04. The van der Waals surface area contributed by atoms with E-state index >= 15 is 0 Å². The van der Waals surface area contributed by atoms with E-state index in [1.807, 2.05) is 0 Å². The van der Waals surface area contributed by atoms with Gasteiger partial charge in [-0.15, -0.1) is 0 Å². The zero-order valence-electron chi connectivity index (χ0n) is 19.3. The first-order chi connectivity index (χ1) is 14.1. The molecule has 4 aliphatic rings. The number of methoxy groups -OCH3 is 1. The molecule has 0 spiro atoms. The van der Waals surface area contributed by atoms with Gasteiger partial charge in [0.25, 0.3) is 0 Å². The zero-order valence-corrected chi connectivity index (χ0v) is 19.3. The molecular formula is C25H43NO4. The van der Waals surface area contributed by atoms with E-state index in [1.165, 1.54) is 7.11 Å². The molecule has 0 heterocycles. The number of hydrogen-bond acceptors (Lipinski definition) is 5. The van der Waals surface area contributed by atoms with Crippen molar-refractivity contribution in [1.29, 1.82) is 0 Å². The molecule has 0 bridgehead atoms. The molecule has 4 aliphatic carbocycles. The molecule has 172 valence electrons. The number of carbonyl (C=O) groups excluding carboxylic acids is 1. The molecule has 30 heavy (non-hydrogen) atoms. The van der Waals surface area contributed by atoms with Crippen molar-refractivity contribution in [2.45, 2.75) is 96.8 Å². The van der Waals surface area contributed by atoms with Crippen LogP contribution in [0.2, 0.25) is 0 Å². The van der Waals surface area contributed by atoms with Gasteiger partial charge in [0, 0.05) is 12.5 Å². The van der Waals surface area contributed by atoms with Gasteiger partial charge in [0.2, 0.25) is 0 Å². The minimum Gasteiger partial charge on any atom is -0.469 e. The SMILES string of the molecule is COC(=O)CC[C@@H](C)[C@H]1CC[C@H]2[C@@H]3[C@H](N)C[C@@H]4C[C@H](O)CC[C@]4(C)[C@H]3C[C@H](O)[C@]12C. The van der Waals surface area contributed by atoms with Crippen molar-refractivity contribution in [3.05, 3.63) is 0 Å². The maximum atomic E-state index is 11.7. The highest BCUT2D eigenvalue weighted by atomic mass is 16.5. The third-order valence-electron chi connectivity index (χ3n) is 10.6. The van der Waals surface area contributed by atoms with E-state index in [4.69, 9.17) is 10.5 Å². The fourth-order valence-electron chi connectivity index (χ4n) is 8.88. The number of aliphatic hydroxyl groups excluding tert-OH is 2. The van der Waals surface area contributed by atoms with Gasteiger partial charge in [0.05, 0.1) is 19.3 Å². The molecule has 0 aromatic heterocycles. The van der Waals surface area contributed by atoms with E-state index in [9.17, 15) is 15.0 Å². The number of carbonyl (C=O) groups is 1. The number of rotatable bonds is 4. The number of nitrogens with two attached hydrogens (primary N) is 1. The Bertz CT molecular complexity index is 655. The Balaban J connectivity index is 1.58. The standard InChI is InChI=1S/C25H43NO4/c1-14(5-8-22(29)30-4)17-6-7-18-23-19(13-21(28)25(17,18)3)24(2)10-9-16(27)11-15(24)12-20(23)26/h14-21,23,27-28H,5-13,26H2,1-4H3/t14-,15+,16-,17-,18+,19+,20-,21+,23+,24+,25-/m1/s1. The Hall–Kier alpha value is -0.650. The van der Waals surface area contributed by atoms with Crippen LogP contribution in [0.15, 0.2) is 0 Å². The lowest BCUT2D eigenvalue weighted by Crippen LogP contribution is -2.64. The quantitative estimate of drug-likeness (QED) is 0.604. The van der Waals surface area contributed by atoms with Crippen molar-refractivity contribution >= 4 is 5.97 Å². The molecule has 4 N–H and O–H groups in total. The van der Waals surface area contributed by atoms with Gasteiger partial charge in [-0.25, -0.2) is 0 Å². The number of ether oxygens (including phenoxy) is 1. The van der Waals surface area contributed by atoms with E-state index in [1.54, 1.807) is 0 Å². The first-order valence-corrected chi connectivity index (χ1v) is 12.3. The highest BCUT2D eigenvalue weighted by molar-refractivity contribution is 5.69. The summed E-state index contributed by atoms with van der Waals surface area (Å²) >= 11 is 0. The van der Waals surface area contributed by atoms with Crippen LogP contribution in [0.1, 0.15) is 78.6 Å². The Morgan fingerprint density at radius 3 is 2.57 bits per heavy atom. The summed E-state index contributed by atoms with van der Waals surface area (Å²) < 4.78 is 4.85. The second-order valence-corrected chi connectivity index (χ2v) is 11.7. The minimum absolute atomic E-state index is 0.119. The number of esters is 1. The zero-order chi connectivity index (χ0) is 21.8. The molecule has 11 atom stereocenters. The molecule has 4 saturated carbocycles. The van der Waals surface area contributed by atoms with E-state index in [2.05, 4.69) is 20.8 Å². The molecular weight excluding hydrogens is 378 g/mol. The highest BCUT2D eigenvalue weighted by Gasteiger charge is 2.65. The van der Waals surface area contributed by atoms with Crippen molar-refractivity contribution in [3.63, 3.8) is 0 Å². The Labute approximate surface area is 182 Å². The average molecular weight is 422 g/mol. The number of hydrogen-bond donors (Lipinski definition) is 3. The van der Waals surface area contributed by atoms with Crippen molar-refractivity contribution < 1.29 is 19.7 Å². The van der Waals surface area contributed by atoms with Crippen LogP contribution in [0, 0.1) is 46.3 Å². The predicted molar refractivity (Wildman–Crippen MR) is 116 cm³/mol. The molecule has 5 nitrogen and oxygen atoms in total. The highest BCUT2D eigenvalue weighted by Crippen LogP contribution is 2.68. The Morgan fingerprint density at radius 1 is 1.13 bits per heavy atom. The molecule has 4 fully saturated rings. The summed E-state index contributed by atoms with van der Waals surface area (Å²) in [6.45, 7) is 6.99. The van der Waals surface area contributed by atoms with Crippen molar-refractivity contribution in [3.8, 4) is 0 Å². The fourth-order valence-corrected chi connectivity index (χ4v) is 8.88. The summed E-state index contributed by atoms with van der Waals surface area (Å²) in [6.07, 6.45) is 7.71. The van der Waals surface area contributed by atoms with Gasteiger partial charge in [-0.3, -0.25) is 4.79 Å². The first-order valence-electron chi connectivity index (χ1n) is 12.3. The summed E-state index contributed by atoms with van der Waals surface area (Å²) in [4.78, 5) is 11.7. The van der Waals surface area contributed by atoms with Crippen LogP contribution >= 0.6 is 0 Å². The van der Waals surface area contributed by atoms with E-state index < -0.39 is 0 Å². The van der Waals surface area contributed by atoms with E-state index in [0.29, 0.717) is 41.9 Å². The number of aliphatic hydroxyl groups is 2. The largest absolute Gasteiger partial charge is 0.469 e. The Kier molecular flexibility index (Phi) is 6.04. The van der Waals surface area contributed by atoms with Crippen LogP contribution in [0.3, 0.4) is 0 Å². The third kappa shape index (κ3) is 3.34. The summed E-state index contributed by atoms with van der Waals surface area (Å²) in [5, 5.41) is 21.8. The maximum absolute atomic E-state index is 11.7. The molecule has 4 rings (SSSR count). The van der Waals surface area contributed by atoms with Crippen LogP contribution in [-0.4, -0.2) is 41.5 Å². The molecule has 0 aromatic carbocycles. The van der Waals surface area contributed by atoms with Crippen LogP contribution < -0.4 is 5.73 Å². The summed E-state index contributed by atoms with van der Waals surface area (Å²) in [6, 6.07) is 0.166. The van der Waals surface area contributed by atoms with Gasteiger partial charge < -0.3 is 20.7 Å². The smallest absolute Gasteiger partial charge is 0.305 e. The van der Waals surface area contributed by atoms with Gasteiger partial charge in [-0.05, 0) is 97.7 Å². The molecule has 0 radical (unpaired) electrons. The van der Waals surface area contributed by atoms with Crippen molar-refractivity contribution in [1.82, 2.24) is 0 Å². The van der Waals surface area contributed by atoms with Gasteiger partial charge >= 0.3 is 5.97 Å². The van der Waals surface area contributed by atoms with Crippen molar-refractivity contribution in [2.24, 2.45) is 52.1 Å². The topological polar surface area (TPSA) is 92.8 Å². The molecule has 0 aliphatic heterocycles. The summed E-state index contributed by atoms with van der Waals surface area (Å²) in [7, 11) is 1.45. The average Bonchev–Trinajstić information content (AvgIpc) is 3.06. The Morgan fingerprint density at radius 2 is 1.87 bits per heavy atom. The van der Waals surface area contributed by atoms with E-state index in [0.717, 1.165) is 51.4 Å². The van der Waals surface area contributed by atoms with E-state index in [-0.39, 0.29) is 35.0 Å². The van der Waals surface area contributed by atoms with Crippen LogP contribution in [0.25, 0.3) is 0 Å². The lowest BCUT2D eigenvalue weighted by molar-refractivity contribution is -0.180. The lowest BCUT2D eigenvalue weighted by Gasteiger charge is -2.64. The molecule has 0 unspecified atom stereocenters. The summed E-state index contributed by atoms with van der Waals surface area (Å²) in [5.41, 5.74) is 6.95. The second-order valence-electron chi connectivity index (χ2n) is 11.7. The van der Waals surface area contributed by atoms with Gasteiger partial charge in [-0.1, -0.05) is 20.8 Å². The monoisotopic (exact) mass is 421 g/mol. The molecule has 0 aromatic rings. The van der Waals surface area contributed by atoms with Crippen LogP contribution in [0.5, 0.6) is 0 Å².